The number of esters is 1. The molecule has 7 nitrogen and oxygen atoms in total. The highest BCUT2D eigenvalue weighted by Crippen LogP contribution is 2.26. The van der Waals surface area contributed by atoms with Gasteiger partial charge in [-0.25, -0.2) is 4.79 Å². The topological polar surface area (TPSA) is 79.9 Å². The fourth-order valence-corrected chi connectivity index (χ4v) is 2.75. The van der Waals surface area contributed by atoms with Gasteiger partial charge in [-0.1, -0.05) is 18.2 Å². The number of nitrogens with one attached hydrogen (secondary N) is 2. The molecule has 0 aromatic heterocycles. The summed E-state index contributed by atoms with van der Waals surface area (Å²) in [7, 11) is 0. The van der Waals surface area contributed by atoms with Crippen LogP contribution in [-0.2, 0) is 9.53 Å². The molecule has 1 heterocycles. The number of para-hydroxylation sites is 2. The molecule has 0 bridgehead atoms. The van der Waals surface area contributed by atoms with Gasteiger partial charge in [-0.15, -0.1) is 0 Å². The van der Waals surface area contributed by atoms with Gasteiger partial charge in [0.1, 0.15) is 5.75 Å². The van der Waals surface area contributed by atoms with Gasteiger partial charge in [0.2, 0.25) is 0 Å². The average molecular weight is 355 g/mol. The van der Waals surface area contributed by atoms with Crippen LogP contribution in [0.4, 0.5) is 21.9 Å². The largest absolute Gasteiger partial charge is 0.427 e. The Labute approximate surface area is 151 Å². The lowest BCUT2D eigenvalue weighted by Crippen LogP contribution is -2.36. The molecule has 136 valence electrons. The Hall–Kier alpha value is -3.06. The quantitative estimate of drug-likeness (QED) is 0.651. The van der Waals surface area contributed by atoms with E-state index in [1.807, 2.05) is 24.3 Å². The van der Waals surface area contributed by atoms with Crippen molar-refractivity contribution < 1.29 is 19.1 Å². The standard InChI is InChI=1S/C19H21N3O4/c1-14(23)26-16-6-4-5-15(13-16)20-19(24)21-17-7-2-3-8-18(17)22-9-11-25-12-10-22/h2-8,13H,9-12H2,1H3,(H2,20,21,24). The molecule has 0 radical (unpaired) electrons. The number of anilines is 3. The van der Waals surface area contributed by atoms with E-state index in [1.165, 1.54) is 6.92 Å². The van der Waals surface area contributed by atoms with Crippen molar-refractivity contribution in [2.24, 2.45) is 0 Å². The van der Waals surface area contributed by atoms with Crippen molar-refractivity contribution in [2.75, 3.05) is 41.8 Å². The van der Waals surface area contributed by atoms with Crippen LogP contribution >= 0.6 is 0 Å². The molecule has 26 heavy (non-hydrogen) atoms. The molecular formula is C19H21N3O4. The summed E-state index contributed by atoms with van der Waals surface area (Å²) in [5.41, 5.74) is 2.22. The van der Waals surface area contributed by atoms with Gasteiger partial charge < -0.3 is 25.0 Å². The molecule has 2 N–H and O–H groups in total. The maximum Gasteiger partial charge on any atom is 0.323 e. The van der Waals surface area contributed by atoms with Crippen molar-refractivity contribution >= 4 is 29.1 Å². The molecule has 1 saturated heterocycles. The molecule has 1 aliphatic heterocycles. The van der Waals surface area contributed by atoms with Crippen molar-refractivity contribution in [1.29, 1.82) is 0 Å². The van der Waals surface area contributed by atoms with Crippen LogP contribution in [0.25, 0.3) is 0 Å². The van der Waals surface area contributed by atoms with E-state index in [2.05, 4.69) is 15.5 Å². The Morgan fingerprint density at radius 1 is 1.04 bits per heavy atom. The van der Waals surface area contributed by atoms with Crippen molar-refractivity contribution in [1.82, 2.24) is 0 Å². The van der Waals surface area contributed by atoms with Crippen LogP contribution in [0.3, 0.4) is 0 Å². The van der Waals surface area contributed by atoms with Gasteiger partial charge in [0.25, 0.3) is 0 Å². The molecule has 1 aliphatic rings. The molecule has 0 aliphatic carbocycles. The third-order valence-corrected chi connectivity index (χ3v) is 3.86. The smallest absolute Gasteiger partial charge is 0.323 e. The van der Waals surface area contributed by atoms with Crippen LogP contribution < -0.4 is 20.3 Å². The fourth-order valence-electron chi connectivity index (χ4n) is 2.75. The van der Waals surface area contributed by atoms with Gasteiger partial charge >= 0.3 is 12.0 Å². The van der Waals surface area contributed by atoms with Crippen LogP contribution in [0.15, 0.2) is 48.5 Å². The molecule has 2 amide bonds. The summed E-state index contributed by atoms with van der Waals surface area (Å²) in [6, 6.07) is 14.0. The monoisotopic (exact) mass is 355 g/mol. The second-order valence-corrected chi connectivity index (χ2v) is 5.82. The molecule has 0 spiro atoms. The van der Waals surface area contributed by atoms with Crippen molar-refractivity contribution in [3.8, 4) is 5.75 Å². The number of hydrogen-bond acceptors (Lipinski definition) is 5. The lowest BCUT2D eigenvalue weighted by atomic mass is 10.2. The molecule has 1 fully saturated rings. The third kappa shape index (κ3) is 4.73. The molecule has 0 unspecified atom stereocenters. The van der Waals surface area contributed by atoms with Gasteiger partial charge in [0, 0.05) is 31.8 Å². The van der Waals surface area contributed by atoms with E-state index in [0.717, 1.165) is 24.5 Å². The minimum atomic E-state index is -0.411. The van der Waals surface area contributed by atoms with Crippen LogP contribution in [-0.4, -0.2) is 38.3 Å². The van der Waals surface area contributed by atoms with Gasteiger partial charge in [-0.05, 0) is 24.3 Å². The van der Waals surface area contributed by atoms with Gasteiger partial charge in [0.05, 0.1) is 24.6 Å². The Balaban J connectivity index is 1.68. The summed E-state index contributed by atoms with van der Waals surface area (Å²) < 4.78 is 10.4. The first-order chi connectivity index (χ1) is 12.6. The fraction of sp³-hybridized carbons (Fsp3) is 0.263. The summed E-state index contributed by atoms with van der Waals surface area (Å²) in [6.45, 7) is 4.23. The zero-order chi connectivity index (χ0) is 18.4. The zero-order valence-corrected chi connectivity index (χ0v) is 14.5. The number of nitrogens with zero attached hydrogens (tertiary/aromatic N) is 1. The van der Waals surface area contributed by atoms with Crippen LogP contribution in [0.1, 0.15) is 6.92 Å². The molecule has 7 heteroatoms. The second kappa shape index (κ2) is 8.35. The van der Waals surface area contributed by atoms with Crippen LogP contribution in [0, 0.1) is 0 Å². The predicted molar refractivity (Wildman–Crippen MR) is 99.9 cm³/mol. The number of hydrogen-bond donors (Lipinski definition) is 2. The van der Waals surface area contributed by atoms with E-state index in [0.29, 0.717) is 24.7 Å². The molecular weight excluding hydrogens is 334 g/mol. The number of urea groups is 1. The van der Waals surface area contributed by atoms with E-state index in [1.54, 1.807) is 24.3 Å². The predicted octanol–water partition coefficient (Wildman–Crippen LogP) is 3.09. The average Bonchev–Trinajstić information content (AvgIpc) is 2.62. The minimum Gasteiger partial charge on any atom is -0.427 e. The van der Waals surface area contributed by atoms with E-state index in [-0.39, 0.29) is 6.03 Å². The second-order valence-electron chi connectivity index (χ2n) is 5.82. The van der Waals surface area contributed by atoms with Crippen LogP contribution in [0.5, 0.6) is 5.75 Å². The normalized spacial score (nSPS) is 13.8. The van der Waals surface area contributed by atoms with Gasteiger partial charge in [-0.3, -0.25) is 4.79 Å². The van der Waals surface area contributed by atoms with Crippen molar-refractivity contribution in [2.45, 2.75) is 6.92 Å². The maximum absolute atomic E-state index is 12.4. The van der Waals surface area contributed by atoms with E-state index >= 15 is 0 Å². The summed E-state index contributed by atoms with van der Waals surface area (Å²) >= 11 is 0. The molecule has 0 saturated carbocycles. The summed E-state index contributed by atoms with van der Waals surface area (Å²) in [5, 5.41) is 5.63. The number of amides is 2. The highest BCUT2D eigenvalue weighted by molar-refractivity contribution is 6.02. The maximum atomic E-state index is 12.4. The lowest BCUT2D eigenvalue weighted by Gasteiger charge is -2.30. The third-order valence-electron chi connectivity index (χ3n) is 3.86. The number of rotatable bonds is 4. The van der Waals surface area contributed by atoms with E-state index in [9.17, 15) is 9.59 Å². The van der Waals surface area contributed by atoms with Gasteiger partial charge in [-0.2, -0.15) is 0 Å². The van der Waals surface area contributed by atoms with Crippen molar-refractivity contribution in [3.63, 3.8) is 0 Å². The van der Waals surface area contributed by atoms with Crippen LogP contribution in [0.2, 0.25) is 0 Å². The van der Waals surface area contributed by atoms with Gasteiger partial charge in [0.15, 0.2) is 0 Å². The highest BCUT2D eigenvalue weighted by Gasteiger charge is 2.15. The minimum absolute atomic E-state index is 0.370. The Bertz CT molecular complexity index is 788. The zero-order valence-electron chi connectivity index (χ0n) is 14.5. The Kier molecular flexibility index (Phi) is 5.70. The first-order valence-electron chi connectivity index (χ1n) is 8.40. The number of carbonyl (C=O) groups is 2. The summed E-state index contributed by atoms with van der Waals surface area (Å²) in [4.78, 5) is 25.6. The first-order valence-corrected chi connectivity index (χ1v) is 8.40. The molecule has 3 rings (SSSR count). The number of ether oxygens (including phenoxy) is 2. The molecule has 0 atom stereocenters. The number of morpholine rings is 1. The number of carbonyl (C=O) groups excluding carboxylic acids is 2. The number of benzene rings is 2. The Morgan fingerprint density at radius 2 is 1.81 bits per heavy atom. The van der Waals surface area contributed by atoms with Crippen molar-refractivity contribution in [3.05, 3.63) is 48.5 Å². The van der Waals surface area contributed by atoms with E-state index in [4.69, 9.17) is 9.47 Å². The van der Waals surface area contributed by atoms with E-state index < -0.39 is 5.97 Å². The SMILES string of the molecule is CC(=O)Oc1cccc(NC(=O)Nc2ccccc2N2CCOCC2)c1. The first kappa shape index (κ1) is 17.8. The molecule has 2 aromatic carbocycles. The lowest BCUT2D eigenvalue weighted by molar-refractivity contribution is -0.131. The Morgan fingerprint density at radius 3 is 2.58 bits per heavy atom. The highest BCUT2D eigenvalue weighted by atomic mass is 16.5. The summed E-state index contributed by atoms with van der Waals surface area (Å²) in [6.07, 6.45) is 0. The molecule has 2 aromatic rings. The summed E-state index contributed by atoms with van der Waals surface area (Å²) in [5.74, 6) is -0.0324.